The Hall–Kier alpha value is -2.37. The number of carbonyl (C=O) groups excluding carboxylic acids is 3. The standard InChI is InChI=1S/C23H33N3O3/c1-3-19(4-2)22(28)24-11-8-12-25(14-13-24)23(29)20-15-21(27)26(17-20)16-18-9-6-5-7-10-18/h5-7,9-10,19-20H,3-4,8,11-17H2,1-2H3. The maximum Gasteiger partial charge on any atom is 0.228 e. The normalized spacial score (nSPS) is 20.3. The molecule has 3 amide bonds. The number of nitrogens with zero attached hydrogens (tertiary/aromatic N) is 3. The first-order valence-electron chi connectivity index (χ1n) is 10.9. The van der Waals surface area contributed by atoms with E-state index in [2.05, 4.69) is 13.8 Å². The van der Waals surface area contributed by atoms with Gasteiger partial charge in [-0.15, -0.1) is 0 Å². The third kappa shape index (κ3) is 5.17. The highest BCUT2D eigenvalue weighted by Crippen LogP contribution is 2.23. The highest BCUT2D eigenvalue weighted by molar-refractivity contribution is 5.89. The van der Waals surface area contributed by atoms with Crippen LogP contribution in [0.25, 0.3) is 0 Å². The molecule has 2 aliphatic heterocycles. The SMILES string of the molecule is CCC(CC)C(=O)N1CCCN(C(=O)C2CC(=O)N(Cc3ccccc3)C2)CC1. The first kappa shape index (κ1) is 21.3. The summed E-state index contributed by atoms with van der Waals surface area (Å²) in [5, 5.41) is 0. The van der Waals surface area contributed by atoms with Crippen LogP contribution in [0.4, 0.5) is 0 Å². The van der Waals surface area contributed by atoms with E-state index in [0.717, 1.165) is 24.8 Å². The van der Waals surface area contributed by atoms with Crippen molar-refractivity contribution in [2.75, 3.05) is 32.7 Å². The minimum atomic E-state index is -0.271. The van der Waals surface area contributed by atoms with Crippen molar-refractivity contribution in [3.8, 4) is 0 Å². The van der Waals surface area contributed by atoms with Crippen LogP contribution in [0.3, 0.4) is 0 Å². The van der Waals surface area contributed by atoms with E-state index in [4.69, 9.17) is 0 Å². The molecule has 0 radical (unpaired) electrons. The number of rotatable bonds is 6. The van der Waals surface area contributed by atoms with E-state index in [1.165, 1.54) is 0 Å². The van der Waals surface area contributed by atoms with Crippen LogP contribution in [0.2, 0.25) is 0 Å². The van der Waals surface area contributed by atoms with Crippen molar-refractivity contribution in [3.63, 3.8) is 0 Å². The molecule has 0 aromatic heterocycles. The molecular formula is C23H33N3O3. The zero-order valence-electron chi connectivity index (χ0n) is 17.7. The maximum absolute atomic E-state index is 13.1. The van der Waals surface area contributed by atoms with Gasteiger partial charge in [0.15, 0.2) is 0 Å². The number of likely N-dealkylation sites (tertiary alicyclic amines) is 1. The molecule has 1 atom stereocenters. The van der Waals surface area contributed by atoms with Crippen LogP contribution in [0.5, 0.6) is 0 Å². The second kappa shape index (κ2) is 9.90. The molecule has 0 aliphatic carbocycles. The predicted molar refractivity (Wildman–Crippen MR) is 112 cm³/mol. The monoisotopic (exact) mass is 399 g/mol. The van der Waals surface area contributed by atoms with Crippen molar-refractivity contribution in [3.05, 3.63) is 35.9 Å². The molecule has 6 nitrogen and oxygen atoms in total. The average molecular weight is 400 g/mol. The van der Waals surface area contributed by atoms with Crippen molar-refractivity contribution in [1.82, 2.24) is 14.7 Å². The Kier molecular flexibility index (Phi) is 7.29. The number of amides is 3. The van der Waals surface area contributed by atoms with Gasteiger partial charge in [-0.1, -0.05) is 44.2 Å². The van der Waals surface area contributed by atoms with Crippen molar-refractivity contribution in [1.29, 1.82) is 0 Å². The third-order valence-corrected chi connectivity index (χ3v) is 6.23. The van der Waals surface area contributed by atoms with E-state index in [1.54, 1.807) is 4.90 Å². The largest absolute Gasteiger partial charge is 0.341 e. The topological polar surface area (TPSA) is 60.9 Å². The van der Waals surface area contributed by atoms with E-state index in [9.17, 15) is 14.4 Å². The number of hydrogen-bond donors (Lipinski definition) is 0. The van der Waals surface area contributed by atoms with Crippen molar-refractivity contribution in [2.24, 2.45) is 11.8 Å². The Morgan fingerprint density at radius 1 is 1.00 bits per heavy atom. The zero-order chi connectivity index (χ0) is 20.8. The van der Waals surface area contributed by atoms with Gasteiger partial charge in [0.2, 0.25) is 17.7 Å². The van der Waals surface area contributed by atoms with Crippen molar-refractivity contribution in [2.45, 2.75) is 46.1 Å². The van der Waals surface area contributed by atoms with Crippen LogP contribution in [0.1, 0.15) is 45.1 Å². The molecule has 29 heavy (non-hydrogen) atoms. The van der Waals surface area contributed by atoms with E-state index in [-0.39, 0.29) is 29.6 Å². The lowest BCUT2D eigenvalue weighted by Crippen LogP contribution is -2.41. The van der Waals surface area contributed by atoms with Gasteiger partial charge >= 0.3 is 0 Å². The summed E-state index contributed by atoms with van der Waals surface area (Å²) in [6.45, 7) is 7.68. The molecule has 0 saturated carbocycles. The van der Waals surface area contributed by atoms with Gasteiger partial charge in [0.05, 0.1) is 5.92 Å². The molecule has 1 unspecified atom stereocenters. The lowest BCUT2D eigenvalue weighted by Gasteiger charge is -2.26. The summed E-state index contributed by atoms with van der Waals surface area (Å²) in [7, 11) is 0. The molecule has 2 heterocycles. The number of carbonyl (C=O) groups is 3. The quantitative estimate of drug-likeness (QED) is 0.739. The highest BCUT2D eigenvalue weighted by atomic mass is 16.2. The van der Waals surface area contributed by atoms with E-state index < -0.39 is 0 Å². The van der Waals surface area contributed by atoms with Crippen LogP contribution in [0.15, 0.2) is 30.3 Å². The van der Waals surface area contributed by atoms with Gasteiger partial charge in [-0.3, -0.25) is 14.4 Å². The fraction of sp³-hybridized carbons (Fsp3) is 0.609. The zero-order valence-corrected chi connectivity index (χ0v) is 17.7. The second-order valence-electron chi connectivity index (χ2n) is 8.18. The molecule has 1 aromatic rings. The molecule has 158 valence electrons. The molecule has 3 rings (SSSR count). The summed E-state index contributed by atoms with van der Waals surface area (Å²) in [5.74, 6) is 0.136. The fourth-order valence-corrected chi connectivity index (χ4v) is 4.41. The summed E-state index contributed by atoms with van der Waals surface area (Å²) in [5.41, 5.74) is 1.08. The first-order valence-corrected chi connectivity index (χ1v) is 10.9. The van der Waals surface area contributed by atoms with Gasteiger partial charge in [0, 0.05) is 51.6 Å². The Balaban J connectivity index is 1.55. The molecule has 2 aliphatic rings. The average Bonchev–Trinajstić information content (AvgIpc) is 2.94. The van der Waals surface area contributed by atoms with Gasteiger partial charge in [0.1, 0.15) is 0 Å². The summed E-state index contributed by atoms with van der Waals surface area (Å²) in [6, 6.07) is 9.89. The smallest absolute Gasteiger partial charge is 0.228 e. The van der Waals surface area contributed by atoms with E-state index in [1.807, 2.05) is 40.1 Å². The molecule has 0 bridgehead atoms. The van der Waals surface area contributed by atoms with Crippen LogP contribution in [-0.4, -0.2) is 65.1 Å². The lowest BCUT2D eigenvalue weighted by molar-refractivity contribution is -0.138. The van der Waals surface area contributed by atoms with Crippen LogP contribution in [0, 0.1) is 11.8 Å². The summed E-state index contributed by atoms with van der Waals surface area (Å²) >= 11 is 0. The second-order valence-corrected chi connectivity index (χ2v) is 8.18. The Morgan fingerprint density at radius 3 is 2.34 bits per heavy atom. The van der Waals surface area contributed by atoms with Gasteiger partial charge < -0.3 is 14.7 Å². The molecule has 2 fully saturated rings. The molecule has 2 saturated heterocycles. The van der Waals surface area contributed by atoms with Gasteiger partial charge in [-0.25, -0.2) is 0 Å². The Morgan fingerprint density at radius 2 is 1.66 bits per heavy atom. The minimum Gasteiger partial charge on any atom is -0.341 e. The van der Waals surface area contributed by atoms with Gasteiger partial charge in [0.25, 0.3) is 0 Å². The van der Waals surface area contributed by atoms with Gasteiger partial charge in [-0.2, -0.15) is 0 Å². The Bertz CT molecular complexity index is 717. The summed E-state index contributed by atoms with van der Waals surface area (Å²) < 4.78 is 0. The van der Waals surface area contributed by atoms with Crippen LogP contribution < -0.4 is 0 Å². The number of benzene rings is 1. The summed E-state index contributed by atoms with van der Waals surface area (Å²) in [6.07, 6.45) is 2.80. The highest BCUT2D eigenvalue weighted by Gasteiger charge is 2.37. The molecule has 0 spiro atoms. The number of hydrogen-bond acceptors (Lipinski definition) is 3. The van der Waals surface area contributed by atoms with Crippen molar-refractivity contribution < 1.29 is 14.4 Å². The molecular weight excluding hydrogens is 366 g/mol. The molecule has 0 N–H and O–H groups in total. The maximum atomic E-state index is 13.1. The van der Waals surface area contributed by atoms with E-state index in [0.29, 0.717) is 45.7 Å². The minimum absolute atomic E-state index is 0.0487. The van der Waals surface area contributed by atoms with E-state index >= 15 is 0 Å². The first-order chi connectivity index (χ1) is 14.0. The van der Waals surface area contributed by atoms with Gasteiger partial charge in [-0.05, 0) is 24.8 Å². The Labute approximate surface area is 173 Å². The molecule has 6 heteroatoms. The van der Waals surface area contributed by atoms with Crippen LogP contribution in [-0.2, 0) is 20.9 Å². The fourth-order valence-electron chi connectivity index (χ4n) is 4.41. The third-order valence-electron chi connectivity index (χ3n) is 6.23. The van der Waals surface area contributed by atoms with Crippen molar-refractivity contribution >= 4 is 17.7 Å². The summed E-state index contributed by atoms with van der Waals surface area (Å²) in [4.78, 5) is 43.7. The predicted octanol–water partition coefficient (Wildman–Crippen LogP) is 2.53. The van der Waals surface area contributed by atoms with Crippen LogP contribution >= 0.6 is 0 Å². The lowest BCUT2D eigenvalue weighted by atomic mass is 10.0. The molecule has 1 aromatic carbocycles.